The van der Waals surface area contributed by atoms with E-state index in [1.54, 1.807) is 0 Å². The summed E-state index contributed by atoms with van der Waals surface area (Å²) in [6, 6.07) is 0. The van der Waals surface area contributed by atoms with Crippen molar-refractivity contribution in [2.45, 2.75) is 43.0 Å². The molecule has 0 amide bonds. The monoisotopic (exact) mass is 356 g/mol. The van der Waals surface area contributed by atoms with Crippen LogP contribution in [0.1, 0.15) is 19.6 Å². The number of aromatic nitrogens is 4. The molecule has 0 radical (unpaired) electrons. The topological polar surface area (TPSA) is 123 Å². The van der Waals surface area contributed by atoms with Crippen LogP contribution in [0.25, 0.3) is 11.2 Å². The van der Waals surface area contributed by atoms with Crippen LogP contribution in [0.5, 0.6) is 5.88 Å². The summed E-state index contributed by atoms with van der Waals surface area (Å²) in [6.45, 7) is 1.67. The van der Waals surface area contributed by atoms with E-state index in [1.165, 1.54) is 29.8 Å². The van der Waals surface area contributed by atoms with Gasteiger partial charge in [0, 0.05) is 5.75 Å². The highest BCUT2D eigenvalue weighted by Gasteiger charge is 2.44. The minimum absolute atomic E-state index is 0.337. The molecule has 24 heavy (non-hydrogen) atoms. The first-order valence-electron chi connectivity index (χ1n) is 7.64. The van der Waals surface area contributed by atoms with Crippen molar-refractivity contribution in [3.8, 4) is 5.88 Å². The van der Waals surface area contributed by atoms with E-state index in [2.05, 4.69) is 21.9 Å². The van der Waals surface area contributed by atoms with Gasteiger partial charge in [0.1, 0.15) is 18.3 Å². The molecule has 0 spiro atoms. The summed E-state index contributed by atoms with van der Waals surface area (Å²) in [6.07, 6.45) is -1.72. The van der Waals surface area contributed by atoms with Gasteiger partial charge in [0.25, 0.3) is 0 Å². The molecule has 0 saturated carbocycles. The van der Waals surface area contributed by atoms with E-state index in [4.69, 9.17) is 9.47 Å². The number of hydrogen-bond acceptors (Lipinski definition) is 9. The smallest absolute Gasteiger partial charge is 0.246 e. The number of imidazole rings is 1. The minimum atomic E-state index is -1.20. The van der Waals surface area contributed by atoms with Crippen LogP contribution in [0.3, 0.4) is 0 Å². The lowest BCUT2D eigenvalue weighted by Gasteiger charge is -2.16. The third-order valence-corrected chi connectivity index (χ3v) is 4.84. The molecular formula is C14H20N4O5S. The van der Waals surface area contributed by atoms with Crippen molar-refractivity contribution in [3.05, 3.63) is 6.33 Å². The van der Waals surface area contributed by atoms with E-state index < -0.39 is 31.1 Å². The Balaban J connectivity index is 2.02. The average molecular weight is 356 g/mol. The zero-order valence-electron chi connectivity index (χ0n) is 13.4. The van der Waals surface area contributed by atoms with Crippen molar-refractivity contribution in [1.29, 1.82) is 0 Å². The molecule has 3 N–H and O–H groups in total. The van der Waals surface area contributed by atoms with E-state index in [-0.39, 0.29) is 0 Å². The lowest BCUT2D eigenvalue weighted by Crippen LogP contribution is -2.33. The Hall–Kier alpha value is -1.46. The normalized spacial score (nSPS) is 27.0. The van der Waals surface area contributed by atoms with E-state index in [9.17, 15) is 15.3 Å². The molecule has 1 saturated heterocycles. The van der Waals surface area contributed by atoms with Crippen molar-refractivity contribution in [2.75, 3.05) is 19.5 Å². The molecule has 132 valence electrons. The maximum absolute atomic E-state index is 10.2. The molecule has 0 unspecified atom stereocenters. The lowest BCUT2D eigenvalue weighted by molar-refractivity contribution is -0.0511. The Morgan fingerprint density at radius 2 is 2.12 bits per heavy atom. The maximum Gasteiger partial charge on any atom is 0.246 e. The minimum Gasteiger partial charge on any atom is -0.479 e. The van der Waals surface area contributed by atoms with E-state index >= 15 is 0 Å². The highest BCUT2D eigenvalue weighted by molar-refractivity contribution is 7.99. The van der Waals surface area contributed by atoms with Gasteiger partial charge in [-0.2, -0.15) is 4.98 Å². The first kappa shape index (κ1) is 17.4. The zero-order chi connectivity index (χ0) is 17.3. The largest absolute Gasteiger partial charge is 0.479 e. The van der Waals surface area contributed by atoms with Gasteiger partial charge in [0.15, 0.2) is 22.5 Å². The molecule has 3 heterocycles. The fourth-order valence-electron chi connectivity index (χ4n) is 2.57. The number of fused-ring (bicyclic) bond motifs is 1. The number of thioether (sulfide) groups is 1. The summed E-state index contributed by atoms with van der Waals surface area (Å²) < 4.78 is 12.4. The predicted octanol–water partition coefficient (Wildman–Crippen LogP) is -0.0515. The zero-order valence-corrected chi connectivity index (χ0v) is 14.2. The van der Waals surface area contributed by atoms with Gasteiger partial charge < -0.3 is 24.8 Å². The van der Waals surface area contributed by atoms with Crippen LogP contribution in [0.4, 0.5) is 0 Å². The van der Waals surface area contributed by atoms with Crippen LogP contribution in [0.2, 0.25) is 0 Å². The molecule has 0 bridgehead atoms. The van der Waals surface area contributed by atoms with Gasteiger partial charge in [-0.3, -0.25) is 4.57 Å². The number of hydrogen-bond donors (Lipinski definition) is 3. The van der Waals surface area contributed by atoms with Crippen molar-refractivity contribution >= 4 is 22.9 Å². The Kier molecular flexibility index (Phi) is 5.21. The van der Waals surface area contributed by atoms with Crippen LogP contribution in [0.15, 0.2) is 11.5 Å². The van der Waals surface area contributed by atoms with Crippen LogP contribution in [0, 0.1) is 0 Å². The van der Waals surface area contributed by atoms with Crippen molar-refractivity contribution < 1.29 is 24.8 Å². The molecule has 2 aromatic rings. The predicted molar refractivity (Wildman–Crippen MR) is 85.9 cm³/mol. The van der Waals surface area contributed by atoms with Gasteiger partial charge in [-0.1, -0.05) is 18.7 Å². The number of nitrogens with zero attached hydrogens (tertiary/aromatic N) is 4. The van der Waals surface area contributed by atoms with Crippen LogP contribution >= 0.6 is 11.8 Å². The van der Waals surface area contributed by atoms with Crippen LogP contribution in [-0.4, -0.2) is 72.6 Å². The number of methoxy groups -OCH3 is 1. The molecule has 0 aromatic carbocycles. The number of aliphatic hydroxyl groups excluding tert-OH is 3. The van der Waals surface area contributed by atoms with Gasteiger partial charge in [-0.05, 0) is 6.42 Å². The van der Waals surface area contributed by atoms with Gasteiger partial charge in [0.2, 0.25) is 5.88 Å². The molecule has 0 aliphatic carbocycles. The van der Waals surface area contributed by atoms with E-state index in [0.29, 0.717) is 22.2 Å². The molecule has 4 atom stereocenters. The second kappa shape index (κ2) is 7.19. The Morgan fingerprint density at radius 3 is 2.75 bits per heavy atom. The maximum atomic E-state index is 10.2. The average Bonchev–Trinajstić information content (AvgIpc) is 3.14. The highest BCUT2D eigenvalue weighted by atomic mass is 32.2. The number of aliphatic hydroxyl groups is 3. The highest BCUT2D eigenvalue weighted by Crippen LogP contribution is 2.33. The molecule has 3 rings (SSSR count). The van der Waals surface area contributed by atoms with Crippen LogP contribution in [-0.2, 0) is 4.74 Å². The SMILES string of the molecule is CCCSc1nc(OC)c2ncn([C@@H]3O[C@H](CO)[C@@H](O)[C@H]3O)c2n1. The molecule has 10 heteroatoms. The fourth-order valence-corrected chi connectivity index (χ4v) is 3.25. The second-order valence-electron chi connectivity index (χ2n) is 5.42. The molecule has 1 fully saturated rings. The second-order valence-corrected chi connectivity index (χ2v) is 6.48. The molecule has 2 aromatic heterocycles. The Morgan fingerprint density at radius 1 is 1.33 bits per heavy atom. The molecule has 9 nitrogen and oxygen atoms in total. The van der Waals surface area contributed by atoms with E-state index in [1.807, 2.05) is 0 Å². The Bertz CT molecular complexity index is 712. The third kappa shape index (κ3) is 2.95. The number of rotatable bonds is 6. The first-order chi connectivity index (χ1) is 11.6. The summed E-state index contributed by atoms with van der Waals surface area (Å²) in [5, 5.41) is 29.9. The molecular weight excluding hydrogens is 336 g/mol. The van der Waals surface area contributed by atoms with Crippen molar-refractivity contribution in [3.63, 3.8) is 0 Å². The van der Waals surface area contributed by atoms with Gasteiger partial charge in [0.05, 0.1) is 20.0 Å². The number of ether oxygens (including phenoxy) is 2. The summed E-state index contributed by atoms with van der Waals surface area (Å²) in [5.74, 6) is 1.19. The standard InChI is InChI=1S/C14H20N4O5S/c1-3-4-24-14-16-11-8(12(17-14)22-2)15-6-18(11)13-10(21)9(20)7(5-19)23-13/h6-7,9-10,13,19-21H,3-5H2,1-2H3/t7-,9-,10-,13-/m1/s1. The summed E-state index contributed by atoms with van der Waals surface area (Å²) in [5.41, 5.74) is 0.881. The molecule has 1 aliphatic rings. The third-order valence-electron chi connectivity index (χ3n) is 3.79. The summed E-state index contributed by atoms with van der Waals surface area (Å²) in [4.78, 5) is 13.0. The quantitative estimate of drug-likeness (QED) is 0.483. The van der Waals surface area contributed by atoms with Gasteiger partial charge in [-0.15, -0.1) is 0 Å². The molecule has 1 aliphatic heterocycles. The first-order valence-corrected chi connectivity index (χ1v) is 8.63. The Labute approximate surface area is 142 Å². The summed E-state index contributed by atoms with van der Waals surface area (Å²) >= 11 is 1.49. The van der Waals surface area contributed by atoms with Crippen molar-refractivity contribution in [1.82, 2.24) is 19.5 Å². The lowest BCUT2D eigenvalue weighted by atomic mass is 10.1. The van der Waals surface area contributed by atoms with Crippen molar-refractivity contribution in [2.24, 2.45) is 0 Å². The van der Waals surface area contributed by atoms with Crippen LogP contribution < -0.4 is 4.74 Å². The fraction of sp³-hybridized carbons (Fsp3) is 0.643. The van der Waals surface area contributed by atoms with E-state index in [0.717, 1.165) is 12.2 Å². The summed E-state index contributed by atoms with van der Waals surface area (Å²) in [7, 11) is 1.50. The van der Waals surface area contributed by atoms with Gasteiger partial charge >= 0.3 is 0 Å². The van der Waals surface area contributed by atoms with Gasteiger partial charge in [-0.25, -0.2) is 9.97 Å².